The molecule has 0 fully saturated rings. The third-order valence-corrected chi connectivity index (χ3v) is 30.9. The molecule has 31 rings (SSSR count). The lowest BCUT2D eigenvalue weighted by Crippen LogP contribution is -2.15. The van der Waals surface area contributed by atoms with Gasteiger partial charge < -0.3 is 27.4 Å². The lowest BCUT2D eigenvalue weighted by atomic mass is 9.82. The maximum Gasteiger partial charge on any atom is 0.0541 e. The normalized spacial score (nSPS) is 12.5. The molecule has 0 saturated heterocycles. The summed E-state index contributed by atoms with van der Waals surface area (Å²) in [6, 6.07) is 187. The summed E-state index contributed by atoms with van der Waals surface area (Å²) < 4.78 is 14.6. The van der Waals surface area contributed by atoms with E-state index in [4.69, 9.17) is 0 Å². The van der Waals surface area contributed by atoms with E-state index >= 15 is 0 Å². The number of aromatic nitrogens is 6. The van der Waals surface area contributed by atoms with Gasteiger partial charge in [0.1, 0.15) is 0 Å². The first kappa shape index (κ1) is 81.5. The van der Waals surface area contributed by atoms with Crippen molar-refractivity contribution < 1.29 is 0 Å². The van der Waals surface area contributed by atoms with Crippen molar-refractivity contribution in [3.63, 3.8) is 0 Å². The molecule has 0 atom stereocenters. The van der Waals surface area contributed by atoms with Crippen molar-refractivity contribution in [2.75, 3.05) is 0 Å². The minimum Gasteiger partial charge on any atom is -0.309 e. The molecule has 0 radical (unpaired) electrons. The Morgan fingerprint density at radius 1 is 0.133 bits per heavy atom. The molecule has 0 saturated carbocycles. The summed E-state index contributed by atoms with van der Waals surface area (Å²) >= 11 is 0. The first-order valence-corrected chi connectivity index (χ1v) is 49.6. The Hall–Kier alpha value is -18.6. The first-order valence-electron chi connectivity index (χ1n) is 49.6. The molecule has 0 N–H and O–H groups in total. The fourth-order valence-corrected chi connectivity index (χ4v) is 24.3. The Kier molecular flexibility index (Phi) is 18.4. The number of benzene rings is 24. The van der Waals surface area contributed by atoms with Crippen LogP contribution < -0.4 is 0 Å². The first-order chi connectivity index (χ1) is 70.7. The third kappa shape index (κ3) is 12.8. The van der Waals surface area contributed by atoms with Crippen molar-refractivity contribution in [3.8, 4) is 78.6 Å². The Balaban J connectivity index is 0.000000102. The second-order valence-corrected chi connectivity index (χ2v) is 38.9. The molecule has 0 aliphatic heterocycles. The number of rotatable bonds is 9. The highest BCUT2D eigenvalue weighted by molar-refractivity contribution is 6.19. The van der Waals surface area contributed by atoms with Gasteiger partial charge in [0.25, 0.3) is 0 Å². The molecule has 0 amide bonds. The molecular weight excluding hydrogens is 1730 g/mol. The predicted molar refractivity (Wildman–Crippen MR) is 607 cm³/mol. The van der Waals surface area contributed by atoms with E-state index in [1.54, 1.807) is 0 Å². The van der Waals surface area contributed by atoms with Crippen LogP contribution in [0.15, 0.2) is 510 Å². The minimum absolute atomic E-state index is 0.0523. The molecule has 6 nitrogen and oxygen atoms in total. The van der Waals surface area contributed by atoms with E-state index in [2.05, 4.69) is 551 Å². The summed E-state index contributed by atoms with van der Waals surface area (Å²) in [5.41, 5.74) is 34.6. The van der Waals surface area contributed by atoms with Crippen LogP contribution in [0, 0.1) is 0 Å². The van der Waals surface area contributed by atoms with Crippen LogP contribution in [0.1, 0.15) is 25.0 Å². The molecule has 6 aromatic heterocycles. The van der Waals surface area contributed by atoms with E-state index in [0.29, 0.717) is 0 Å². The zero-order chi connectivity index (χ0) is 94.2. The summed E-state index contributed by atoms with van der Waals surface area (Å²) in [7, 11) is 0. The molecule has 1 aliphatic carbocycles. The van der Waals surface area contributed by atoms with Gasteiger partial charge >= 0.3 is 0 Å². The maximum atomic E-state index is 2.45. The van der Waals surface area contributed by atoms with Crippen molar-refractivity contribution in [2.45, 2.75) is 19.3 Å². The standard InChI is InChI=1S/C49H34N2.2C44H28N2/c1-49(2)42-18-8-5-15-36(42)37-25-24-34(30-43(37)49)50-45-19-9-6-16-38(45)40-28-32(22-26-47(40)50)33-23-27-48-41(29-33)39-17-7-10-20-46(39)51(48)44-21-11-13-31-12-3-4-14-35(31)44;1-3-15-33-29(11-1)13-9-21-39(33)45-41-19-7-5-17-35(41)37-27-31(23-25-43(37)45)32-24-26-44-38(28-32)36-18-6-8-20-42(36)46(44)40-22-10-14-30-12-2-4-16-34(30)40;1-2-12-31-26-34(23-20-29(31)10-1)45-41-17-7-5-15-36(41)38-27-32(21-24-43(38)45)33-22-25-44-39(28-33)37-16-6-8-18-42(37)46(44)40-19-9-13-30-11-3-4-14-35(30)40/h3-30H,1-2H3;2*1-28H. The average molecular weight is 1820 g/mol. The summed E-state index contributed by atoms with van der Waals surface area (Å²) in [5, 5.41) is 27.7. The number of fused-ring (bicyclic) bond motifs is 26. The van der Waals surface area contributed by atoms with E-state index in [0.717, 1.165) is 0 Å². The molecule has 0 bridgehead atoms. The van der Waals surface area contributed by atoms with Crippen molar-refractivity contribution >= 4 is 185 Å². The van der Waals surface area contributed by atoms with Crippen LogP contribution in [0.2, 0.25) is 0 Å². The monoisotopic (exact) mass is 1820 g/mol. The van der Waals surface area contributed by atoms with Crippen LogP contribution >= 0.6 is 0 Å². The Labute approximate surface area is 824 Å². The zero-order valence-electron chi connectivity index (χ0n) is 78.7. The average Bonchev–Trinajstić information content (AvgIpc) is 1.59. The highest BCUT2D eigenvalue weighted by Crippen LogP contribution is 2.52. The maximum absolute atomic E-state index is 2.45. The summed E-state index contributed by atoms with van der Waals surface area (Å²) in [6.45, 7) is 4.71. The van der Waals surface area contributed by atoms with Gasteiger partial charge in [0, 0.05) is 103 Å². The summed E-state index contributed by atoms with van der Waals surface area (Å²) in [5.74, 6) is 0. The van der Waals surface area contributed by atoms with Gasteiger partial charge in [-0.15, -0.1) is 0 Å². The molecule has 6 heteroatoms. The molecule has 6 heterocycles. The summed E-state index contributed by atoms with van der Waals surface area (Å²) in [6.07, 6.45) is 0. The Morgan fingerprint density at radius 2 is 0.357 bits per heavy atom. The molecule has 24 aromatic carbocycles. The van der Waals surface area contributed by atoms with E-state index in [1.165, 1.54) is 274 Å². The number of hydrogen-bond acceptors (Lipinski definition) is 0. The van der Waals surface area contributed by atoms with Gasteiger partial charge in [-0.25, -0.2) is 0 Å². The molecule has 0 unspecified atom stereocenters. The van der Waals surface area contributed by atoms with Gasteiger partial charge in [-0.05, 0) is 246 Å². The van der Waals surface area contributed by atoms with E-state index in [1.807, 2.05) is 0 Å². The van der Waals surface area contributed by atoms with Gasteiger partial charge in [-0.2, -0.15) is 0 Å². The fraction of sp³-hybridized carbons (Fsp3) is 0.0219. The number of para-hydroxylation sites is 6. The van der Waals surface area contributed by atoms with Gasteiger partial charge in [-0.3, -0.25) is 0 Å². The molecular formula is C137H90N6. The van der Waals surface area contributed by atoms with Crippen molar-refractivity contribution in [1.82, 2.24) is 27.4 Å². The van der Waals surface area contributed by atoms with Crippen molar-refractivity contribution in [2.24, 2.45) is 0 Å². The van der Waals surface area contributed by atoms with Crippen LogP contribution in [0.3, 0.4) is 0 Å². The second kappa shape index (κ2) is 32.2. The van der Waals surface area contributed by atoms with E-state index < -0.39 is 0 Å². The van der Waals surface area contributed by atoms with Crippen LogP contribution in [-0.2, 0) is 5.41 Å². The highest BCUT2D eigenvalue weighted by atomic mass is 15.0. The largest absolute Gasteiger partial charge is 0.309 e. The van der Waals surface area contributed by atoms with Gasteiger partial charge in [-0.1, -0.05) is 366 Å². The number of nitrogens with zero attached hydrogens (tertiary/aromatic N) is 6. The zero-order valence-corrected chi connectivity index (χ0v) is 78.7. The topological polar surface area (TPSA) is 29.6 Å². The van der Waals surface area contributed by atoms with E-state index in [9.17, 15) is 0 Å². The SMILES string of the molecule is CC1(C)c2ccccc2-c2ccc(-n3c4ccccc4c4cc(-c5ccc6c(c5)c5ccccc5n6-c5cccc6ccccc56)ccc43)cc21.c1ccc2c(-n3c4ccccc4c4cc(-c5ccc6c(c5)c5ccccc5n6-c5cccc6ccccc56)ccc43)cccc2c1.c1ccc2cc(-n3c4ccccc4c4cc(-c5ccc6c(c5)c5ccccc5n6-c5cccc6ccccc56)ccc43)ccc2c1. The van der Waals surface area contributed by atoms with Crippen LogP contribution in [-0.4, -0.2) is 27.4 Å². The third-order valence-electron chi connectivity index (χ3n) is 30.9. The van der Waals surface area contributed by atoms with Crippen LogP contribution in [0.5, 0.6) is 0 Å². The molecule has 1 aliphatic rings. The smallest absolute Gasteiger partial charge is 0.0541 e. The Bertz CT molecular complexity index is 10400. The van der Waals surface area contributed by atoms with Crippen LogP contribution in [0.4, 0.5) is 0 Å². The lowest BCUT2D eigenvalue weighted by Gasteiger charge is -2.22. The van der Waals surface area contributed by atoms with E-state index in [-0.39, 0.29) is 5.41 Å². The Morgan fingerprint density at radius 3 is 0.678 bits per heavy atom. The highest BCUT2D eigenvalue weighted by Gasteiger charge is 2.36. The van der Waals surface area contributed by atoms with Crippen molar-refractivity contribution in [3.05, 3.63) is 521 Å². The fourth-order valence-electron chi connectivity index (χ4n) is 24.3. The quantitative estimate of drug-likeness (QED) is 0.138. The molecule has 0 spiro atoms. The molecule has 30 aromatic rings. The van der Waals surface area contributed by atoms with Gasteiger partial charge in [0.2, 0.25) is 0 Å². The van der Waals surface area contributed by atoms with Crippen molar-refractivity contribution in [1.29, 1.82) is 0 Å². The second-order valence-electron chi connectivity index (χ2n) is 38.9. The lowest BCUT2D eigenvalue weighted by molar-refractivity contribution is 0.660. The van der Waals surface area contributed by atoms with Crippen LogP contribution in [0.25, 0.3) is 263 Å². The predicted octanol–water partition coefficient (Wildman–Crippen LogP) is 36.7. The molecule has 668 valence electrons. The summed E-state index contributed by atoms with van der Waals surface area (Å²) in [4.78, 5) is 0. The minimum atomic E-state index is -0.0523. The molecule has 143 heavy (non-hydrogen) atoms. The van der Waals surface area contributed by atoms with Gasteiger partial charge in [0.15, 0.2) is 0 Å². The van der Waals surface area contributed by atoms with Gasteiger partial charge in [0.05, 0.1) is 88.9 Å². The number of hydrogen-bond donors (Lipinski definition) is 0.